The van der Waals surface area contributed by atoms with Crippen molar-refractivity contribution in [1.29, 1.82) is 5.41 Å². The van der Waals surface area contributed by atoms with E-state index in [-0.39, 0.29) is 30.0 Å². The first-order valence-corrected chi connectivity index (χ1v) is 10.1. The fraction of sp³-hybridized carbons (Fsp3) is 0.455. The highest BCUT2D eigenvalue weighted by Gasteiger charge is 2.31. The first kappa shape index (κ1) is 22.4. The first-order chi connectivity index (χ1) is 14.7. The van der Waals surface area contributed by atoms with Gasteiger partial charge in [0.05, 0.1) is 12.1 Å². The number of rotatable bonds is 8. The Morgan fingerprint density at radius 3 is 2.81 bits per heavy atom. The predicted molar refractivity (Wildman–Crippen MR) is 111 cm³/mol. The number of aromatic nitrogens is 3. The second kappa shape index (κ2) is 9.25. The van der Waals surface area contributed by atoms with Crippen LogP contribution >= 0.6 is 0 Å². The smallest absolute Gasteiger partial charge is 0.281 e. The number of hydrogen-bond acceptors (Lipinski definition) is 5. The fourth-order valence-corrected chi connectivity index (χ4v) is 2.86. The number of amides is 1. The van der Waals surface area contributed by atoms with Crippen LogP contribution in [0.15, 0.2) is 18.5 Å². The highest BCUT2D eigenvalue weighted by Crippen LogP contribution is 2.29. The molecule has 0 aromatic carbocycles. The third kappa shape index (κ3) is 5.87. The van der Waals surface area contributed by atoms with Gasteiger partial charge in [0.25, 0.3) is 5.92 Å². The summed E-state index contributed by atoms with van der Waals surface area (Å²) < 4.78 is 33.6. The molecular formula is C22H25F2N5O2. The number of halogens is 2. The zero-order chi connectivity index (χ0) is 22.6. The van der Waals surface area contributed by atoms with Gasteiger partial charge in [0.15, 0.2) is 6.61 Å². The monoisotopic (exact) mass is 429 g/mol. The van der Waals surface area contributed by atoms with Gasteiger partial charge in [0.1, 0.15) is 11.5 Å². The van der Waals surface area contributed by atoms with Gasteiger partial charge in [-0.2, -0.15) is 5.10 Å². The van der Waals surface area contributed by atoms with Crippen molar-refractivity contribution in [2.45, 2.75) is 52.5 Å². The normalized spacial score (nSPS) is 13.3. The van der Waals surface area contributed by atoms with Crippen molar-refractivity contribution in [2.24, 2.45) is 5.92 Å². The number of hydrogen-bond donors (Lipinski definition) is 2. The number of carbonyl (C=O) groups excluding carboxylic acids is 1. The number of amidine groups is 1. The minimum absolute atomic E-state index is 0.0110. The van der Waals surface area contributed by atoms with Crippen molar-refractivity contribution in [2.75, 3.05) is 6.61 Å². The number of nitrogens with one attached hydrogen (secondary N) is 2. The van der Waals surface area contributed by atoms with Crippen molar-refractivity contribution < 1.29 is 18.3 Å². The van der Waals surface area contributed by atoms with Crippen LogP contribution in [0.3, 0.4) is 0 Å². The number of pyridine rings is 1. The maximum atomic E-state index is 13.4. The summed E-state index contributed by atoms with van der Waals surface area (Å²) in [6.45, 7) is 4.43. The van der Waals surface area contributed by atoms with E-state index in [0.717, 1.165) is 18.4 Å². The van der Waals surface area contributed by atoms with Gasteiger partial charge < -0.3 is 10.1 Å². The molecule has 31 heavy (non-hydrogen) atoms. The number of aryl methyl sites for hydroxylation is 1. The van der Waals surface area contributed by atoms with Gasteiger partial charge in [-0.3, -0.25) is 14.9 Å². The maximum absolute atomic E-state index is 13.4. The molecule has 2 aromatic rings. The molecule has 3 rings (SSSR count). The van der Waals surface area contributed by atoms with Crippen LogP contribution in [0.25, 0.3) is 0 Å². The minimum Gasteiger partial charge on any atom is -0.471 e. The third-order valence-corrected chi connectivity index (χ3v) is 4.84. The van der Waals surface area contributed by atoms with Crippen molar-refractivity contribution in [3.63, 3.8) is 0 Å². The molecule has 0 bridgehead atoms. The van der Waals surface area contributed by atoms with Crippen molar-refractivity contribution >= 4 is 11.7 Å². The summed E-state index contributed by atoms with van der Waals surface area (Å²) in [5.41, 5.74) is 2.25. The van der Waals surface area contributed by atoms with E-state index in [2.05, 4.69) is 27.2 Å². The van der Waals surface area contributed by atoms with Crippen molar-refractivity contribution in [3.8, 4) is 17.7 Å². The molecule has 2 N–H and O–H groups in total. The molecule has 1 saturated carbocycles. The predicted octanol–water partition coefficient (Wildman–Crippen LogP) is 3.28. The quantitative estimate of drug-likeness (QED) is 0.383. The Kier molecular flexibility index (Phi) is 6.68. The van der Waals surface area contributed by atoms with Gasteiger partial charge in [-0.15, -0.1) is 0 Å². The van der Waals surface area contributed by atoms with E-state index in [1.54, 1.807) is 37.0 Å². The minimum atomic E-state index is -2.89. The molecule has 1 aliphatic rings. The average Bonchev–Trinajstić information content (AvgIpc) is 3.50. The number of ether oxygens (including phenoxy) is 1. The fourth-order valence-electron chi connectivity index (χ4n) is 2.86. The summed E-state index contributed by atoms with van der Waals surface area (Å²) in [6.07, 6.45) is 4.59. The lowest BCUT2D eigenvalue weighted by molar-refractivity contribution is -0.120. The molecule has 2 heterocycles. The van der Waals surface area contributed by atoms with Gasteiger partial charge in [-0.1, -0.05) is 12.8 Å². The molecule has 7 nitrogen and oxygen atoms in total. The average molecular weight is 429 g/mol. The van der Waals surface area contributed by atoms with Gasteiger partial charge in [0.2, 0.25) is 11.8 Å². The van der Waals surface area contributed by atoms with E-state index in [1.165, 1.54) is 6.92 Å². The Morgan fingerprint density at radius 1 is 1.45 bits per heavy atom. The Morgan fingerprint density at radius 2 is 2.19 bits per heavy atom. The Balaban J connectivity index is 1.72. The summed E-state index contributed by atoms with van der Waals surface area (Å²) in [6, 6.07) is 1.79. The van der Waals surface area contributed by atoms with Crippen LogP contribution in [0, 0.1) is 30.1 Å². The molecule has 2 aromatic heterocycles. The molecule has 9 heteroatoms. The second-order valence-corrected chi connectivity index (χ2v) is 7.57. The summed E-state index contributed by atoms with van der Waals surface area (Å²) in [5.74, 6) is 2.70. The molecule has 0 unspecified atom stereocenters. The van der Waals surface area contributed by atoms with E-state index in [1.807, 2.05) is 0 Å². The number of carbonyl (C=O) groups is 1. The molecule has 1 amide bonds. The lowest BCUT2D eigenvalue weighted by Gasteiger charge is -2.15. The van der Waals surface area contributed by atoms with Crippen LogP contribution < -0.4 is 10.1 Å². The van der Waals surface area contributed by atoms with Crippen molar-refractivity contribution in [1.82, 2.24) is 20.1 Å². The topological polar surface area (TPSA) is 92.9 Å². The largest absolute Gasteiger partial charge is 0.471 e. The second-order valence-electron chi connectivity index (χ2n) is 7.57. The Labute approximate surface area is 179 Å². The van der Waals surface area contributed by atoms with Crippen LogP contribution in [0.4, 0.5) is 8.78 Å². The molecule has 164 valence electrons. The van der Waals surface area contributed by atoms with Gasteiger partial charge in [0, 0.05) is 30.3 Å². The van der Waals surface area contributed by atoms with E-state index in [4.69, 9.17) is 10.1 Å². The molecule has 0 atom stereocenters. The van der Waals surface area contributed by atoms with E-state index in [0.29, 0.717) is 23.4 Å². The molecule has 1 aliphatic carbocycles. The summed E-state index contributed by atoms with van der Waals surface area (Å²) in [5, 5.41) is 15.2. The van der Waals surface area contributed by atoms with Crippen LogP contribution in [0.2, 0.25) is 0 Å². The zero-order valence-corrected chi connectivity index (χ0v) is 17.8. The van der Waals surface area contributed by atoms with E-state index < -0.39 is 12.5 Å². The zero-order valence-electron chi connectivity index (χ0n) is 17.8. The summed E-state index contributed by atoms with van der Waals surface area (Å²) in [4.78, 5) is 16.1. The number of nitrogens with zero attached hydrogens (tertiary/aromatic N) is 3. The Bertz CT molecular complexity index is 1050. The molecule has 0 spiro atoms. The molecule has 0 radical (unpaired) electrons. The highest BCUT2D eigenvalue weighted by atomic mass is 19.3. The molecule has 0 aliphatic heterocycles. The van der Waals surface area contributed by atoms with Gasteiger partial charge >= 0.3 is 0 Å². The molecular weight excluding hydrogens is 404 g/mol. The lowest BCUT2D eigenvalue weighted by atomic mass is 10.2. The molecule has 1 fully saturated rings. The van der Waals surface area contributed by atoms with Crippen LogP contribution in [0.5, 0.6) is 5.88 Å². The summed E-state index contributed by atoms with van der Waals surface area (Å²) in [7, 11) is 0. The molecule has 0 saturated heterocycles. The summed E-state index contributed by atoms with van der Waals surface area (Å²) >= 11 is 0. The SMILES string of the molecule is CC#Cc1nn(Cc2cnc(OCC(F)(F)CC)c(C)c2)cc1C(=N)NC(=O)C1CC1. The van der Waals surface area contributed by atoms with Crippen LogP contribution in [-0.2, 0) is 11.3 Å². The van der Waals surface area contributed by atoms with Crippen LogP contribution in [0.1, 0.15) is 55.5 Å². The van der Waals surface area contributed by atoms with Crippen LogP contribution in [-0.4, -0.2) is 39.0 Å². The van der Waals surface area contributed by atoms with E-state index >= 15 is 0 Å². The first-order valence-electron chi connectivity index (χ1n) is 10.1. The maximum Gasteiger partial charge on any atom is 0.281 e. The lowest BCUT2D eigenvalue weighted by Crippen LogP contribution is -2.31. The number of alkyl halides is 2. The van der Waals surface area contributed by atoms with Crippen molar-refractivity contribution in [3.05, 3.63) is 40.8 Å². The van der Waals surface area contributed by atoms with Gasteiger partial charge in [-0.05, 0) is 44.2 Å². The van der Waals surface area contributed by atoms with Gasteiger partial charge in [-0.25, -0.2) is 13.8 Å². The highest BCUT2D eigenvalue weighted by molar-refractivity contribution is 6.08. The standard InChI is InChI=1S/C22H25F2N5O2/c1-4-6-18-17(19(25)27-20(30)16-7-8-16)12-29(28-18)11-15-9-14(3)21(26-10-15)31-13-22(23,24)5-2/h9-10,12,16H,5,7-8,11,13H2,1-3H3,(H2,25,27,30). The van der Waals surface area contributed by atoms with E-state index in [9.17, 15) is 13.6 Å². The Hall–Kier alpha value is -3.28. The third-order valence-electron chi connectivity index (χ3n) is 4.84.